The Morgan fingerprint density at radius 3 is 2.32 bits per heavy atom. The zero-order valence-electron chi connectivity index (χ0n) is 12.4. The number of carbonyl (C=O) groups excluding carboxylic acids is 1. The van der Waals surface area contributed by atoms with E-state index in [0.29, 0.717) is 18.9 Å². The molecule has 2 unspecified atom stereocenters. The lowest BCUT2D eigenvalue weighted by atomic mass is 9.99. The molecule has 5 nitrogen and oxygen atoms in total. The van der Waals surface area contributed by atoms with Gasteiger partial charge in [-0.05, 0) is 18.8 Å². The molecule has 0 aliphatic rings. The Bertz CT molecular complexity index is 269. The molecule has 2 atom stereocenters. The van der Waals surface area contributed by atoms with E-state index in [1.54, 1.807) is 0 Å². The standard InChI is InChI=1S/C14H28N2O3/c1-4-7-8-11(5-2)10-15-14(19)16-12(6-3)9-13(17)18/h11-12H,4-10H2,1-3H3,(H,17,18)(H2,15,16,19). The van der Waals surface area contributed by atoms with Crippen molar-refractivity contribution in [3.63, 3.8) is 0 Å². The van der Waals surface area contributed by atoms with Gasteiger partial charge in [0.1, 0.15) is 0 Å². The zero-order valence-corrected chi connectivity index (χ0v) is 12.4. The molecular weight excluding hydrogens is 244 g/mol. The molecule has 0 fully saturated rings. The fourth-order valence-electron chi connectivity index (χ4n) is 1.93. The Hall–Kier alpha value is -1.26. The van der Waals surface area contributed by atoms with Crippen LogP contribution in [0.2, 0.25) is 0 Å². The smallest absolute Gasteiger partial charge is 0.315 e. The van der Waals surface area contributed by atoms with E-state index in [-0.39, 0.29) is 18.5 Å². The van der Waals surface area contributed by atoms with E-state index in [9.17, 15) is 9.59 Å². The molecule has 0 saturated heterocycles. The number of urea groups is 1. The van der Waals surface area contributed by atoms with E-state index in [2.05, 4.69) is 24.5 Å². The second-order valence-corrected chi connectivity index (χ2v) is 4.97. The fraction of sp³-hybridized carbons (Fsp3) is 0.857. The molecule has 0 radical (unpaired) electrons. The van der Waals surface area contributed by atoms with Crippen molar-refractivity contribution < 1.29 is 14.7 Å². The summed E-state index contributed by atoms with van der Waals surface area (Å²) in [6.07, 6.45) is 5.10. The minimum absolute atomic E-state index is 0.0308. The summed E-state index contributed by atoms with van der Waals surface area (Å²) in [5.74, 6) is -0.383. The Balaban J connectivity index is 3.97. The molecule has 112 valence electrons. The van der Waals surface area contributed by atoms with Gasteiger partial charge in [0.2, 0.25) is 0 Å². The lowest BCUT2D eigenvalue weighted by molar-refractivity contribution is -0.137. The first-order chi connectivity index (χ1) is 9.03. The number of amides is 2. The number of aliphatic carboxylic acids is 1. The van der Waals surface area contributed by atoms with Gasteiger partial charge in [-0.15, -0.1) is 0 Å². The highest BCUT2D eigenvalue weighted by Crippen LogP contribution is 2.11. The third kappa shape index (κ3) is 9.33. The van der Waals surface area contributed by atoms with Crippen molar-refractivity contribution in [3.05, 3.63) is 0 Å². The summed E-state index contributed by atoms with van der Waals surface area (Å²) in [6.45, 7) is 6.81. The molecule has 0 heterocycles. The van der Waals surface area contributed by atoms with Crippen LogP contribution in [0.3, 0.4) is 0 Å². The van der Waals surface area contributed by atoms with Crippen molar-refractivity contribution >= 4 is 12.0 Å². The Morgan fingerprint density at radius 1 is 1.16 bits per heavy atom. The summed E-state index contributed by atoms with van der Waals surface area (Å²) in [7, 11) is 0. The highest BCUT2D eigenvalue weighted by molar-refractivity contribution is 5.75. The summed E-state index contributed by atoms with van der Waals surface area (Å²) < 4.78 is 0. The van der Waals surface area contributed by atoms with Gasteiger partial charge in [0.05, 0.1) is 6.42 Å². The van der Waals surface area contributed by atoms with Crippen molar-refractivity contribution in [2.24, 2.45) is 5.92 Å². The second-order valence-electron chi connectivity index (χ2n) is 4.97. The number of hydrogen-bond acceptors (Lipinski definition) is 2. The average Bonchev–Trinajstić information content (AvgIpc) is 2.37. The number of carboxylic acid groups (broad SMARTS) is 1. The molecule has 19 heavy (non-hydrogen) atoms. The summed E-state index contributed by atoms with van der Waals surface area (Å²) in [4.78, 5) is 22.3. The van der Waals surface area contributed by atoms with Crippen LogP contribution in [0, 0.1) is 5.92 Å². The number of carbonyl (C=O) groups is 2. The number of unbranched alkanes of at least 4 members (excludes halogenated alkanes) is 1. The van der Waals surface area contributed by atoms with E-state index in [0.717, 1.165) is 12.8 Å². The van der Waals surface area contributed by atoms with Crippen molar-refractivity contribution in [2.45, 2.75) is 65.3 Å². The van der Waals surface area contributed by atoms with Gasteiger partial charge >= 0.3 is 12.0 Å². The first-order valence-corrected chi connectivity index (χ1v) is 7.29. The predicted molar refractivity (Wildman–Crippen MR) is 76.2 cm³/mol. The molecule has 0 aromatic carbocycles. The summed E-state index contributed by atoms with van der Waals surface area (Å²) >= 11 is 0. The third-order valence-electron chi connectivity index (χ3n) is 3.34. The molecule has 5 heteroatoms. The number of nitrogens with one attached hydrogen (secondary N) is 2. The molecule has 0 saturated carbocycles. The van der Waals surface area contributed by atoms with Crippen LogP contribution in [0.4, 0.5) is 4.79 Å². The first-order valence-electron chi connectivity index (χ1n) is 7.29. The van der Waals surface area contributed by atoms with Gasteiger partial charge in [0, 0.05) is 12.6 Å². The lowest BCUT2D eigenvalue weighted by Crippen LogP contribution is -2.44. The van der Waals surface area contributed by atoms with Crippen molar-refractivity contribution in [3.8, 4) is 0 Å². The first kappa shape index (κ1) is 17.7. The van der Waals surface area contributed by atoms with Gasteiger partial charge in [-0.1, -0.05) is 40.0 Å². The molecule has 0 aromatic rings. The van der Waals surface area contributed by atoms with Gasteiger partial charge in [-0.25, -0.2) is 4.79 Å². The van der Waals surface area contributed by atoms with Gasteiger partial charge < -0.3 is 15.7 Å². The molecule has 0 bridgehead atoms. The van der Waals surface area contributed by atoms with Crippen LogP contribution in [0.5, 0.6) is 0 Å². The average molecular weight is 272 g/mol. The van der Waals surface area contributed by atoms with Crippen molar-refractivity contribution in [2.75, 3.05) is 6.54 Å². The number of hydrogen-bond donors (Lipinski definition) is 3. The quantitative estimate of drug-likeness (QED) is 0.572. The largest absolute Gasteiger partial charge is 0.481 e. The summed E-state index contributed by atoms with van der Waals surface area (Å²) in [6, 6.07) is -0.559. The van der Waals surface area contributed by atoms with Crippen LogP contribution in [-0.2, 0) is 4.79 Å². The molecule has 0 aromatic heterocycles. The lowest BCUT2D eigenvalue weighted by Gasteiger charge is -2.18. The van der Waals surface area contributed by atoms with E-state index >= 15 is 0 Å². The minimum atomic E-state index is -0.887. The van der Waals surface area contributed by atoms with Gasteiger partial charge in [0.15, 0.2) is 0 Å². The predicted octanol–water partition coefficient (Wildman–Crippen LogP) is 2.76. The third-order valence-corrected chi connectivity index (χ3v) is 3.34. The van der Waals surface area contributed by atoms with E-state index in [4.69, 9.17) is 5.11 Å². The van der Waals surface area contributed by atoms with Crippen LogP contribution in [0.15, 0.2) is 0 Å². The maximum absolute atomic E-state index is 11.7. The SMILES string of the molecule is CCCCC(CC)CNC(=O)NC(CC)CC(=O)O. The number of rotatable bonds is 10. The highest BCUT2D eigenvalue weighted by atomic mass is 16.4. The molecule has 0 rings (SSSR count). The van der Waals surface area contributed by atoms with E-state index in [1.165, 1.54) is 12.8 Å². The highest BCUT2D eigenvalue weighted by Gasteiger charge is 2.14. The van der Waals surface area contributed by atoms with E-state index < -0.39 is 5.97 Å². The van der Waals surface area contributed by atoms with Crippen molar-refractivity contribution in [1.82, 2.24) is 10.6 Å². The Kier molecular flexibility index (Phi) is 9.94. The minimum Gasteiger partial charge on any atom is -0.481 e. The number of carboxylic acids is 1. The topological polar surface area (TPSA) is 78.4 Å². The summed E-state index contributed by atoms with van der Waals surface area (Å²) in [5, 5.41) is 14.2. The Labute approximate surface area is 116 Å². The Morgan fingerprint density at radius 2 is 1.84 bits per heavy atom. The molecule has 3 N–H and O–H groups in total. The molecule has 0 aliphatic heterocycles. The second kappa shape index (κ2) is 10.6. The molecule has 2 amide bonds. The van der Waals surface area contributed by atoms with Crippen molar-refractivity contribution in [1.29, 1.82) is 0 Å². The monoisotopic (exact) mass is 272 g/mol. The zero-order chi connectivity index (χ0) is 14.7. The summed E-state index contributed by atoms with van der Waals surface area (Å²) in [5.41, 5.74) is 0. The van der Waals surface area contributed by atoms with Gasteiger partial charge in [0.25, 0.3) is 0 Å². The van der Waals surface area contributed by atoms with Crippen LogP contribution in [0.25, 0.3) is 0 Å². The van der Waals surface area contributed by atoms with E-state index in [1.807, 2.05) is 6.92 Å². The van der Waals surface area contributed by atoms with Crippen LogP contribution in [0.1, 0.15) is 59.3 Å². The maximum Gasteiger partial charge on any atom is 0.315 e. The maximum atomic E-state index is 11.7. The molecule has 0 spiro atoms. The normalized spacial score (nSPS) is 13.6. The molecule has 0 aliphatic carbocycles. The van der Waals surface area contributed by atoms with Crippen LogP contribution in [-0.4, -0.2) is 29.7 Å². The van der Waals surface area contributed by atoms with Crippen LogP contribution < -0.4 is 10.6 Å². The molecular formula is C14H28N2O3. The van der Waals surface area contributed by atoms with Gasteiger partial charge in [-0.2, -0.15) is 0 Å². The fourth-order valence-corrected chi connectivity index (χ4v) is 1.93. The van der Waals surface area contributed by atoms with Crippen LogP contribution >= 0.6 is 0 Å². The van der Waals surface area contributed by atoms with Gasteiger partial charge in [-0.3, -0.25) is 4.79 Å².